The van der Waals surface area contributed by atoms with Gasteiger partial charge < -0.3 is 4.74 Å². The summed E-state index contributed by atoms with van der Waals surface area (Å²) < 4.78 is 5.12. The first-order chi connectivity index (χ1) is 5.64. The molecule has 2 heteroatoms. The second kappa shape index (κ2) is 3.77. The summed E-state index contributed by atoms with van der Waals surface area (Å²) in [7, 11) is 7.45. The number of benzene rings is 1. The molecular weight excluding hydrogens is 147 g/mol. The lowest BCUT2D eigenvalue weighted by Crippen LogP contribution is -2.30. The Hall–Kier alpha value is -0.755. The highest BCUT2D eigenvalue weighted by atomic mass is 16.5. The number of hydrogen-bond donors (Lipinski definition) is 0. The monoisotopic (exact) mass is 160 g/mol. The minimum Gasteiger partial charge on any atom is -0.388 e. The highest BCUT2D eigenvalue weighted by molar-refractivity contribution is 6.14. The van der Waals surface area contributed by atoms with Crippen molar-refractivity contribution in [3.63, 3.8) is 0 Å². The van der Waals surface area contributed by atoms with Gasteiger partial charge in [-0.3, -0.25) is 0 Å². The van der Waals surface area contributed by atoms with Crippen LogP contribution < -0.4 is 0 Å². The molecule has 2 radical (unpaired) electrons. The molecule has 62 valence electrons. The van der Waals surface area contributed by atoms with Crippen LogP contribution in [0.15, 0.2) is 30.3 Å². The summed E-state index contributed by atoms with van der Waals surface area (Å²) in [6.45, 7) is 1.88. The molecule has 1 aromatic rings. The minimum atomic E-state index is -0.554. The van der Waals surface area contributed by atoms with Gasteiger partial charge >= 0.3 is 0 Å². The van der Waals surface area contributed by atoms with E-state index in [1.165, 1.54) is 5.56 Å². The van der Waals surface area contributed by atoms with Gasteiger partial charge in [0.25, 0.3) is 0 Å². The van der Waals surface area contributed by atoms with Crippen LogP contribution in [0.4, 0.5) is 0 Å². The van der Waals surface area contributed by atoms with Crippen molar-refractivity contribution in [1.29, 1.82) is 0 Å². The van der Waals surface area contributed by atoms with Gasteiger partial charge in [-0.25, -0.2) is 0 Å². The van der Waals surface area contributed by atoms with Gasteiger partial charge in [0.2, 0.25) is 0 Å². The molecule has 0 spiro atoms. The molecule has 0 saturated carbocycles. The first kappa shape index (κ1) is 9.33. The molecule has 0 amide bonds. The Kier molecular flexibility index (Phi) is 2.93. The van der Waals surface area contributed by atoms with Crippen LogP contribution in [0.2, 0.25) is 0 Å². The summed E-state index contributed by atoms with van der Waals surface area (Å²) in [5.74, 6) is 0. The van der Waals surface area contributed by atoms with Crippen molar-refractivity contribution in [2.24, 2.45) is 0 Å². The lowest BCUT2D eigenvalue weighted by Gasteiger charge is -2.23. The maximum Gasteiger partial charge on any atom is 0.113 e. The third-order valence-electron chi connectivity index (χ3n) is 1.86. The first-order valence-corrected chi connectivity index (χ1v) is 4.02. The van der Waals surface area contributed by atoms with E-state index in [9.17, 15) is 0 Å². The highest BCUT2D eigenvalue weighted by Gasteiger charge is 2.15. The van der Waals surface area contributed by atoms with Crippen LogP contribution in [0.25, 0.3) is 0 Å². The zero-order valence-electron chi connectivity index (χ0n) is 7.58. The maximum absolute atomic E-state index is 5.83. The first-order valence-electron chi connectivity index (χ1n) is 4.02. The van der Waals surface area contributed by atoms with Gasteiger partial charge in [0.1, 0.15) is 7.85 Å². The summed E-state index contributed by atoms with van der Waals surface area (Å²) in [5, 5.41) is 0. The van der Waals surface area contributed by atoms with Gasteiger partial charge in [-0.1, -0.05) is 30.3 Å². The van der Waals surface area contributed by atoms with E-state index in [0.717, 1.165) is 6.42 Å². The third-order valence-corrected chi connectivity index (χ3v) is 1.86. The van der Waals surface area contributed by atoms with Crippen LogP contribution in [0.3, 0.4) is 0 Å². The van der Waals surface area contributed by atoms with Crippen LogP contribution in [0, 0.1) is 0 Å². The van der Waals surface area contributed by atoms with E-state index < -0.39 is 5.50 Å². The van der Waals surface area contributed by atoms with Crippen LogP contribution >= 0.6 is 0 Å². The van der Waals surface area contributed by atoms with Gasteiger partial charge in [-0.15, -0.1) is 0 Å². The Morgan fingerprint density at radius 3 is 2.42 bits per heavy atom. The van der Waals surface area contributed by atoms with Crippen molar-refractivity contribution in [1.82, 2.24) is 0 Å². The van der Waals surface area contributed by atoms with Gasteiger partial charge in [-0.05, 0) is 18.9 Å². The molecule has 0 aliphatic rings. The van der Waals surface area contributed by atoms with Crippen molar-refractivity contribution >= 4 is 7.85 Å². The van der Waals surface area contributed by atoms with E-state index in [-0.39, 0.29) is 0 Å². The summed E-state index contributed by atoms with van der Waals surface area (Å²) in [5.41, 5.74) is 0.644. The summed E-state index contributed by atoms with van der Waals surface area (Å²) in [6.07, 6.45) is 0.740. The van der Waals surface area contributed by atoms with Crippen LogP contribution in [-0.2, 0) is 11.2 Å². The molecule has 0 aliphatic heterocycles. The average molecular weight is 160 g/mol. The van der Waals surface area contributed by atoms with E-state index in [0.29, 0.717) is 0 Å². The Morgan fingerprint density at radius 1 is 1.33 bits per heavy atom. The van der Waals surface area contributed by atoms with Gasteiger partial charge in [0.05, 0.1) is 0 Å². The molecule has 1 atom stereocenters. The molecule has 1 aromatic carbocycles. The highest BCUT2D eigenvalue weighted by Crippen LogP contribution is 2.12. The zero-order valence-corrected chi connectivity index (χ0v) is 7.58. The smallest absolute Gasteiger partial charge is 0.113 e. The molecule has 0 heterocycles. The molecule has 0 aromatic heterocycles. The van der Waals surface area contributed by atoms with E-state index >= 15 is 0 Å². The van der Waals surface area contributed by atoms with Crippen molar-refractivity contribution in [2.75, 3.05) is 7.11 Å². The predicted octanol–water partition coefficient (Wildman–Crippen LogP) is 1.76. The van der Waals surface area contributed by atoms with Gasteiger partial charge in [0, 0.05) is 12.6 Å². The lowest BCUT2D eigenvalue weighted by atomic mass is 9.78. The molecule has 0 N–H and O–H groups in total. The molecular formula is C10H13BO. The molecule has 0 fully saturated rings. The van der Waals surface area contributed by atoms with Crippen molar-refractivity contribution in [3.05, 3.63) is 35.9 Å². The number of ether oxygens (including phenoxy) is 1. The SMILES string of the molecule is [B]C(C)(Cc1ccccc1)OC. The van der Waals surface area contributed by atoms with Gasteiger partial charge in [-0.2, -0.15) is 0 Å². The zero-order chi connectivity index (χ0) is 9.03. The number of hydrogen-bond acceptors (Lipinski definition) is 1. The fraction of sp³-hybridized carbons (Fsp3) is 0.400. The van der Waals surface area contributed by atoms with Crippen LogP contribution in [0.1, 0.15) is 12.5 Å². The van der Waals surface area contributed by atoms with E-state index in [1.54, 1.807) is 7.11 Å². The Labute approximate surface area is 75.2 Å². The number of methoxy groups -OCH3 is 1. The normalized spacial score (nSPS) is 15.5. The Balaban J connectivity index is 2.64. The van der Waals surface area contributed by atoms with Crippen molar-refractivity contribution in [3.8, 4) is 0 Å². The standard InChI is InChI=1S/C10H13BO/c1-10(11,12-2)8-9-6-4-3-5-7-9/h3-7H,8H2,1-2H3. The minimum absolute atomic E-state index is 0.554. The predicted molar refractivity (Wildman–Crippen MR) is 51.3 cm³/mol. The summed E-state index contributed by atoms with van der Waals surface area (Å²) in [4.78, 5) is 0. The molecule has 1 rings (SSSR count). The second-order valence-electron chi connectivity index (χ2n) is 3.18. The summed E-state index contributed by atoms with van der Waals surface area (Å²) in [6, 6.07) is 10.1. The number of rotatable bonds is 3. The molecule has 0 saturated heterocycles. The fourth-order valence-corrected chi connectivity index (χ4v) is 1.07. The largest absolute Gasteiger partial charge is 0.388 e. The van der Waals surface area contributed by atoms with E-state index in [1.807, 2.05) is 37.3 Å². The Morgan fingerprint density at radius 2 is 1.92 bits per heavy atom. The third kappa shape index (κ3) is 2.70. The van der Waals surface area contributed by atoms with Crippen molar-refractivity contribution < 1.29 is 4.74 Å². The lowest BCUT2D eigenvalue weighted by molar-refractivity contribution is 0.0797. The van der Waals surface area contributed by atoms with E-state index in [2.05, 4.69) is 0 Å². The van der Waals surface area contributed by atoms with Crippen molar-refractivity contribution in [2.45, 2.75) is 18.8 Å². The second-order valence-corrected chi connectivity index (χ2v) is 3.18. The molecule has 1 nitrogen and oxygen atoms in total. The fourth-order valence-electron chi connectivity index (χ4n) is 1.07. The van der Waals surface area contributed by atoms with Crippen LogP contribution in [-0.4, -0.2) is 20.5 Å². The summed E-state index contributed by atoms with van der Waals surface area (Å²) >= 11 is 0. The van der Waals surface area contributed by atoms with Crippen LogP contribution in [0.5, 0.6) is 0 Å². The molecule has 12 heavy (non-hydrogen) atoms. The topological polar surface area (TPSA) is 9.23 Å². The maximum atomic E-state index is 5.83. The molecule has 0 bridgehead atoms. The van der Waals surface area contributed by atoms with E-state index in [4.69, 9.17) is 12.6 Å². The molecule has 0 aliphatic carbocycles. The quantitative estimate of drug-likeness (QED) is 0.612. The Bertz CT molecular complexity index is 231. The molecule has 1 unspecified atom stereocenters. The average Bonchev–Trinajstić information content (AvgIpc) is 2.06. The van der Waals surface area contributed by atoms with Gasteiger partial charge in [0.15, 0.2) is 0 Å².